The molecule has 0 saturated carbocycles. The molecular formula is C13H8N4O9. The average molecular weight is 364 g/mol. The Morgan fingerprint density at radius 1 is 0.923 bits per heavy atom. The van der Waals surface area contributed by atoms with Gasteiger partial charge in [0, 0.05) is 15.9 Å². The van der Waals surface area contributed by atoms with E-state index in [0.717, 1.165) is 12.2 Å². The molecule has 1 aromatic carbocycles. The van der Waals surface area contributed by atoms with Gasteiger partial charge in [-0.1, -0.05) is 18.2 Å². The number of para-hydroxylation sites is 1. The van der Waals surface area contributed by atoms with Crippen molar-refractivity contribution in [2.24, 2.45) is 0 Å². The van der Waals surface area contributed by atoms with E-state index in [9.17, 15) is 40.5 Å². The van der Waals surface area contributed by atoms with E-state index in [-0.39, 0.29) is 22.3 Å². The van der Waals surface area contributed by atoms with Crippen LogP contribution in [0.2, 0.25) is 0 Å². The molecule has 3 rings (SSSR count). The second-order valence-corrected chi connectivity index (χ2v) is 5.45. The lowest BCUT2D eigenvalue weighted by atomic mass is 9.80. The maximum atomic E-state index is 11.5. The van der Waals surface area contributed by atoms with E-state index in [2.05, 4.69) is 0 Å². The molecule has 1 aromatic heterocycles. The van der Waals surface area contributed by atoms with E-state index >= 15 is 0 Å². The Morgan fingerprint density at radius 3 is 2.04 bits per heavy atom. The summed E-state index contributed by atoms with van der Waals surface area (Å²) in [4.78, 5) is 39.7. The molecule has 1 aliphatic carbocycles. The lowest BCUT2D eigenvalue weighted by Gasteiger charge is -2.22. The Hall–Kier alpha value is -3.90. The SMILES string of the molecule is O=[N+]([O-])[C@@H]1C=Cc2oc3ccccc3c2[C@H]1C([N+](=O)[O-])([N+](=O)[O-])[N+](=O)[O-]. The minimum atomic E-state index is -4.05. The summed E-state index contributed by atoms with van der Waals surface area (Å²) in [6.07, 6.45) is 1.95. The highest BCUT2D eigenvalue weighted by molar-refractivity contribution is 5.86. The van der Waals surface area contributed by atoms with Gasteiger partial charge in [0.15, 0.2) is 14.8 Å². The molecule has 0 amide bonds. The third-order valence-electron chi connectivity index (χ3n) is 4.23. The highest BCUT2D eigenvalue weighted by atomic mass is 16.7. The monoisotopic (exact) mass is 364 g/mol. The predicted octanol–water partition coefficient (Wildman–Crippen LogP) is 1.67. The summed E-state index contributed by atoms with van der Waals surface area (Å²) in [6, 6.07) is 3.76. The van der Waals surface area contributed by atoms with Crippen molar-refractivity contribution >= 4 is 17.0 Å². The van der Waals surface area contributed by atoms with Crippen molar-refractivity contribution in [1.82, 2.24) is 0 Å². The summed E-state index contributed by atoms with van der Waals surface area (Å²) in [5.74, 6) is -6.51. The Balaban J connectivity index is 2.44. The van der Waals surface area contributed by atoms with Crippen molar-refractivity contribution in [3.63, 3.8) is 0 Å². The first-order valence-corrected chi connectivity index (χ1v) is 6.99. The largest absolute Gasteiger partial charge is 0.714 e. The standard InChI is InChI=1S/C13H8N4O9/c18-14(19)8-5-6-10-11(7-3-1-2-4-9(7)26-10)12(8)13(15(20)21,16(22)23)17(24)25/h1-6,8,12H/t8-,12+/m1/s1. The lowest BCUT2D eigenvalue weighted by Crippen LogP contribution is -2.61. The summed E-state index contributed by atoms with van der Waals surface area (Å²) in [7, 11) is 0. The topological polar surface area (TPSA) is 186 Å². The molecule has 1 heterocycles. The van der Waals surface area contributed by atoms with Crippen molar-refractivity contribution in [3.05, 3.63) is 82.1 Å². The fourth-order valence-electron chi connectivity index (χ4n) is 3.15. The van der Waals surface area contributed by atoms with Gasteiger partial charge in [-0.2, -0.15) is 0 Å². The third kappa shape index (κ3) is 2.03. The number of hydrogen-bond donors (Lipinski definition) is 0. The summed E-state index contributed by atoms with van der Waals surface area (Å²) < 4.78 is 5.41. The third-order valence-corrected chi connectivity index (χ3v) is 4.23. The molecule has 0 N–H and O–H groups in total. The number of furan rings is 1. The van der Waals surface area contributed by atoms with Gasteiger partial charge in [0.05, 0.1) is 0 Å². The molecule has 0 fully saturated rings. The molecule has 0 bridgehead atoms. The molecule has 0 radical (unpaired) electrons. The van der Waals surface area contributed by atoms with Gasteiger partial charge in [0.2, 0.25) is 0 Å². The molecule has 2 atom stereocenters. The minimum absolute atomic E-state index is 0.0959. The van der Waals surface area contributed by atoms with E-state index < -0.39 is 37.4 Å². The maximum Gasteiger partial charge on any atom is 0.714 e. The van der Waals surface area contributed by atoms with Crippen LogP contribution in [0.1, 0.15) is 17.2 Å². The highest BCUT2D eigenvalue weighted by Crippen LogP contribution is 2.45. The van der Waals surface area contributed by atoms with Gasteiger partial charge in [-0.25, -0.2) is 0 Å². The molecule has 13 heteroatoms. The summed E-state index contributed by atoms with van der Waals surface area (Å²) in [5, 5.41) is 46.0. The zero-order valence-corrected chi connectivity index (χ0v) is 12.6. The summed E-state index contributed by atoms with van der Waals surface area (Å²) in [6.45, 7) is 0. The number of hydrogen-bond acceptors (Lipinski definition) is 9. The Kier molecular flexibility index (Phi) is 3.63. The fourth-order valence-corrected chi connectivity index (χ4v) is 3.15. The molecule has 134 valence electrons. The Morgan fingerprint density at radius 2 is 1.50 bits per heavy atom. The van der Waals surface area contributed by atoms with E-state index in [0.29, 0.717) is 0 Å². The van der Waals surface area contributed by atoms with Crippen LogP contribution in [-0.4, -0.2) is 31.5 Å². The molecule has 0 aliphatic heterocycles. The molecule has 1 aliphatic rings. The first-order chi connectivity index (χ1) is 12.2. The molecule has 0 unspecified atom stereocenters. The predicted molar refractivity (Wildman–Crippen MR) is 82.5 cm³/mol. The van der Waals surface area contributed by atoms with Crippen LogP contribution in [0.15, 0.2) is 34.8 Å². The number of benzene rings is 1. The van der Waals surface area contributed by atoms with Gasteiger partial charge < -0.3 is 4.42 Å². The van der Waals surface area contributed by atoms with Crippen molar-refractivity contribution in [2.45, 2.75) is 17.7 Å². The minimum Gasteiger partial charge on any atom is -0.456 e. The van der Waals surface area contributed by atoms with Crippen molar-refractivity contribution in [1.29, 1.82) is 0 Å². The first-order valence-electron chi connectivity index (χ1n) is 6.99. The smallest absolute Gasteiger partial charge is 0.456 e. The van der Waals surface area contributed by atoms with Crippen LogP contribution >= 0.6 is 0 Å². The first kappa shape index (κ1) is 16.9. The van der Waals surface area contributed by atoms with Gasteiger partial charge in [-0.05, 0) is 18.2 Å². The molecular weight excluding hydrogens is 356 g/mol. The summed E-state index contributed by atoms with van der Waals surface area (Å²) in [5.41, 5.74) is -0.171. The van der Waals surface area contributed by atoms with Gasteiger partial charge >= 0.3 is 5.79 Å². The number of nitro groups is 4. The maximum absolute atomic E-state index is 11.5. The zero-order chi connectivity index (χ0) is 19.2. The van der Waals surface area contributed by atoms with E-state index in [1.807, 2.05) is 0 Å². The van der Waals surface area contributed by atoms with Crippen LogP contribution in [0.4, 0.5) is 0 Å². The normalized spacial score (nSPS) is 19.1. The van der Waals surface area contributed by atoms with Gasteiger partial charge in [0.1, 0.15) is 11.3 Å². The van der Waals surface area contributed by atoms with Crippen molar-refractivity contribution in [3.8, 4) is 0 Å². The van der Waals surface area contributed by atoms with Crippen molar-refractivity contribution < 1.29 is 24.1 Å². The van der Waals surface area contributed by atoms with E-state index in [1.54, 1.807) is 6.07 Å². The number of nitrogens with zero attached hydrogens (tertiary/aromatic N) is 4. The van der Waals surface area contributed by atoms with E-state index in [4.69, 9.17) is 4.42 Å². The fraction of sp³-hybridized carbons (Fsp3) is 0.231. The van der Waals surface area contributed by atoms with Crippen molar-refractivity contribution in [2.75, 3.05) is 0 Å². The molecule has 0 saturated heterocycles. The molecule has 13 nitrogen and oxygen atoms in total. The van der Waals surface area contributed by atoms with Crippen LogP contribution in [-0.2, 0) is 0 Å². The second-order valence-electron chi connectivity index (χ2n) is 5.45. The second kappa shape index (κ2) is 5.58. The van der Waals surface area contributed by atoms with Crippen LogP contribution < -0.4 is 0 Å². The van der Waals surface area contributed by atoms with Crippen LogP contribution in [0, 0.1) is 40.5 Å². The summed E-state index contributed by atoms with van der Waals surface area (Å²) >= 11 is 0. The van der Waals surface area contributed by atoms with Crippen LogP contribution in [0.25, 0.3) is 17.0 Å². The molecule has 26 heavy (non-hydrogen) atoms. The van der Waals surface area contributed by atoms with Crippen LogP contribution in [0.3, 0.4) is 0 Å². The Bertz CT molecular complexity index is 959. The number of rotatable bonds is 5. The highest BCUT2D eigenvalue weighted by Gasteiger charge is 2.81. The van der Waals surface area contributed by atoms with E-state index in [1.165, 1.54) is 18.2 Å². The lowest BCUT2D eigenvalue weighted by molar-refractivity contribution is -0.976. The van der Waals surface area contributed by atoms with Crippen LogP contribution in [0.5, 0.6) is 0 Å². The Labute approximate surface area is 142 Å². The van der Waals surface area contributed by atoms with Gasteiger partial charge in [0.25, 0.3) is 12.0 Å². The average Bonchev–Trinajstić information content (AvgIpc) is 2.92. The molecule has 0 spiro atoms. The molecule has 2 aromatic rings. The zero-order valence-electron chi connectivity index (χ0n) is 12.6. The van der Waals surface area contributed by atoms with Gasteiger partial charge in [-0.15, -0.1) is 0 Å². The van der Waals surface area contributed by atoms with Gasteiger partial charge in [-0.3, -0.25) is 40.5 Å². The quantitative estimate of drug-likeness (QED) is 0.432. The number of fused-ring (bicyclic) bond motifs is 3.